The molecule has 1 atom stereocenters. The van der Waals surface area contributed by atoms with Gasteiger partial charge < -0.3 is 9.73 Å². The smallest absolute Gasteiger partial charge is 0.277 e. The summed E-state index contributed by atoms with van der Waals surface area (Å²) >= 11 is 1.13. The van der Waals surface area contributed by atoms with Crippen molar-refractivity contribution in [2.45, 2.75) is 24.3 Å². The molecule has 0 unspecified atom stereocenters. The van der Waals surface area contributed by atoms with Crippen molar-refractivity contribution < 1.29 is 13.6 Å². The highest BCUT2D eigenvalue weighted by atomic mass is 32.2. The average molecular weight is 358 g/mol. The van der Waals surface area contributed by atoms with Crippen LogP contribution in [0.1, 0.15) is 12.5 Å². The molecule has 0 radical (unpaired) electrons. The maximum Gasteiger partial charge on any atom is 0.277 e. The number of hydrogen-bond donors (Lipinski definition) is 1. The molecular weight excluding hydrogens is 343 g/mol. The Labute approximate surface area is 147 Å². The summed E-state index contributed by atoms with van der Waals surface area (Å²) < 4.78 is 19.1. The van der Waals surface area contributed by atoms with E-state index in [1.165, 1.54) is 6.07 Å². The Bertz CT molecular complexity index is 885. The number of rotatable bonds is 5. The molecule has 0 spiro atoms. The molecule has 1 amide bonds. The predicted molar refractivity (Wildman–Crippen MR) is 92.6 cm³/mol. The van der Waals surface area contributed by atoms with Crippen LogP contribution in [0.2, 0.25) is 0 Å². The summed E-state index contributed by atoms with van der Waals surface area (Å²) in [4.78, 5) is 16.2. The summed E-state index contributed by atoms with van der Waals surface area (Å²) in [6, 6.07) is 8.12. The van der Waals surface area contributed by atoms with E-state index in [9.17, 15) is 9.18 Å². The Morgan fingerprint density at radius 2 is 2.16 bits per heavy atom. The molecule has 25 heavy (non-hydrogen) atoms. The fourth-order valence-electron chi connectivity index (χ4n) is 1.98. The lowest BCUT2D eigenvalue weighted by molar-refractivity contribution is -0.115. The van der Waals surface area contributed by atoms with Gasteiger partial charge in [0.25, 0.3) is 5.22 Å². The monoisotopic (exact) mass is 358 g/mol. The first kappa shape index (κ1) is 17.1. The van der Waals surface area contributed by atoms with Crippen molar-refractivity contribution in [2.24, 2.45) is 0 Å². The van der Waals surface area contributed by atoms with Crippen LogP contribution in [-0.4, -0.2) is 26.3 Å². The second-order valence-corrected chi connectivity index (χ2v) is 6.62. The summed E-state index contributed by atoms with van der Waals surface area (Å²) in [5, 5.41) is 10.3. The minimum absolute atomic E-state index is 0.275. The first-order valence-electron chi connectivity index (χ1n) is 7.50. The van der Waals surface area contributed by atoms with Gasteiger partial charge in [-0.05, 0) is 43.7 Å². The Morgan fingerprint density at radius 3 is 2.88 bits per heavy atom. The summed E-state index contributed by atoms with van der Waals surface area (Å²) in [7, 11) is 0. The number of thioether (sulfide) groups is 1. The fourth-order valence-corrected chi connectivity index (χ4v) is 2.67. The SMILES string of the molecule is Cc1ccc(NC(=O)[C@H](C)Sc2nnc(-c3cccnc3)o2)cc1F. The molecule has 0 bridgehead atoms. The van der Waals surface area contributed by atoms with Crippen LogP contribution < -0.4 is 5.32 Å². The zero-order chi connectivity index (χ0) is 17.8. The van der Waals surface area contributed by atoms with E-state index >= 15 is 0 Å². The minimum Gasteiger partial charge on any atom is -0.411 e. The van der Waals surface area contributed by atoms with Crippen LogP contribution in [0.4, 0.5) is 10.1 Å². The van der Waals surface area contributed by atoms with E-state index in [0.717, 1.165) is 11.8 Å². The van der Waals surface area contributed by atoms with Gasteiger partial charge >= 0.3 is 0 Å². The van der Waals surface area contributed by atoms with Crippen LogP contribution in [0.15, 0.2) is 52.4 Å². The molecule has 1 N–H and O–H groups in total. The van der Waals surface area contributed by atoms with Gasteiger partial charge in [-0.2, -0.15) is 0 Å². The molecule has 0 fully saturated rings. The lowest BCUT2D eigenvalue weighted by Gasteiger charge is -2.10. The number of amides is 1. The van der Waals surface area contributed by atoms with Gasteiger partial charge in [-0.15, -0.1) is 10.2 Å². The van der Waals surface area contributed by atoms with E-state index in [2.05, 4.69) is 20.5 Å². The largest absolute Gasteiger partial charge is 0.411 e. The highest BCUT2D eigenvalue weighted by Crippen LogP contribution is 2.26. The van der Waals surface area contributed by atoms with Gasteiger partial charge in [-0.3, -0.25) is 9.78 Å². The first-order chi connectivity index (χ1) is 12.0. The lowest BCUT2D eigenvalue weighted by atomic mass is 10.2. The second kappa shape index (κ2) is 7.43. The molecule has 3 rings (SSSR count). The van der Waals surface area contributed by atoms with Crippen LogP contribution in [0.3, 0.4) is 0 Å². The molecule has 0 saturated carbocycles. The summed E-state index contributed by atoms with van der Waals surface area (Å²) in [6.45, 7) is 3.37. The molecule has 0 aliphatic carbocycles. The van der Waals surface area contributed by atoms with Crippen LogP contribution in [0, 0.1) is 12.7 Å². The van der Waals surface area contributed by atoms with E-state index in [0.29, 0.717) is 22.7 Å². The summed E-state index contributed by atoms with van der Waals surface area (Å²) in [5.41, 5.74) is 1.63. The number of carbonyl (C=O) groups excluding carboxylic acids is 1. The zero-order valence-electron chi connectivity index (χ0n) is 13.6. The lowest BCUT2D eigenvalue weighted by Crippen LogP contribution is -2.22. The Balaban J connectivity index is 1.63. The molecular formula is C17H15FN4O2S. The molecule has 0 aliphatic rings. The highest BCUT2D eigenvalue weighted by Gasteiger charge is 2.19. The number of anilines is 1. The van der Waals surface area contributed by atoms with E-state index in [4.69, 9.17) is 4.42 Å². The van der Waals surface area contributed by atoms with Crippen molar-refractivity contribution in [3.63, 3.8) is 0 Å². The number of benzene rings is 1. The molecule has 1 aromatic carbocycles. The highest BCUT2D eigenvalue weighted by molar-refractivity contribution is 8.00. The molecule has 0 aliphatic heterocycles. The van der Waals surface area contributed by atoms with E-state index < -0.39 is 5.25 Å². The third-order valence-electron chi connectivity index (χ3n) is 3.40. The number of aromatic nitrogens is 3. The third kappa shape index (κ3) is 4.21. The fraction of sp³-hybridized carbons (Fsp3) is 0.176. The number of nitrogens with zero attached hydrogens (tertiary/aromatic N) is 3. The van der Waals surface area contributed by atoms with E-state index in [1.54, 1.807) is 50.5 Å². The number of aryl methyl sites for hydroxylation is 1. The van der Waals surface area contributed by atoms with Crippen LogP contribution in [0.25, 0.3) is 11.5 Å². The Kier molecular flexibility index (Phi) is 5.08. The first-order valence-corrected chi connectivity index (χ1v) is 8.38. The molecule has 8 heteroatoms. The molecule has 128 valence electrons. The average Bonchev–Trinajstić information content (AvgIpc) is 3.07. The van der Waals surface area contributed by atoms with Gasteiger partial charge in [0.05, 0.1) is 10.8 Å². The molecule has 2 heterocycles. The van der Waals surface area contributed by atoms with Crippen molar-refractivity contribution in [1.29, 1.82) is 0 Å². The molecule has 3 aromatic rings. The predicted octanol–water partition coefficient (Wildman–Crippen LogP) is 3.70. The van der Waals surface area contributed by atoms with Crippen LogP contribution in [-0.2, 0) is 4.79 Å². The van der Waals surface area contributed by atoms with Crippen LogP contribution in [0.5, 0.6) is 0 Å². The molecule has 0 saturated heterocycles. The number of pyridine rings is 1. The minimum atomic E-state index is -0.494. The number of hydrogen-bond acceptors (Lipinski definition) is 6. The van der Waals surface area contributed by atoms with Crippen molar-refractivity contribution >= 4 is 23.4 Å². The number of halogens is 1. The molecule has 2 aromatic heterocycles. The Morgan fingerprint density at radius 1 is 1.32 bits per heavy atom. The summed E-state index contributed by atoms with van der Waals surface area (Å²) in [6.07, 6.45) is 3.26. The van der Waals surface area contributed by atoms with Gasteiger partial charge in [0, 0.05) is 18.1 Å². The van der Waals surface area contributed by atoms with Gasteiger partial charge in [-0.1, -0.05) is 17.8 Å². The van der Waals surface area contributed by atoms with Gasteiger partial charge in [0.1, 0.15) is 5.82 Å². The van der Waals surface area contributed by atoms with Gasteiger partial charge in [0.15, 0.2) is 0 Å². The second-order valence-electron chi connectivity index (χ2n) is 5.33. The van der Waals surface area contributed by atoms with E-state index in [1.807, 2.05) is 0 Å². The maximum absolute atomic E-state index is 13.5. The van der Waals surface area contributed by atoms with E-state index in [-0.39, 0.29) is 16.9 Å². The summed E-state index contributed by atoms with van der Waals surface area (Å²) in [5.74, 6) is -0.311. The van der Waals surface area contributed by atoms with Crippen molar-refractivity contribution in [3.05, 3.63) is 54.1 Å². The Hall–Kier alpha value is -2.74. The topological polar surface area (TPSA) is 80.9 Å². The number of carbonyl (C=O) groups is 1. The normalized spacial score (nSPS) is 12.0. The zero-order valence-corrected chi connectivity index (χ0v) is 14.4. The maximum atomic E-state index is 13.5. The standard InChI is InChI=1S/C17H15FN4O2S/c1-10-5-6-13(8-14(10)18)20-15(23)11(2)25-17-22-21-16(24-17)12-4-3-7-19-9-12/h3-9,11H,1-2H3,(H,20,23)/t11-/m0/s1. The molecule has 6 nitrogen and oxygen atoms in total. The van der Waals surface area contributed by atoms with Crippen LogP contribution >= 0.6 is 11.8 Å². The quantitative estimate of drug-likeness (QED) is 0.701. The third-order valence-corrected chi connectivity index (χ3v) is 4.34. The number of nitrogens with one attached hydrogen (secondary N) is 1. The van der Waals surface area contributed by atoms with Crippen molar-refractivity contribution in [2.75, 3.05) is 5.32 Å². The van der Waals surface area contributed by atoms with Gasteiger partial charge in [0.2, 0.25) is 11.8 Å². The van der Waals surface area contributed by atoms with Gasteiger partial charge in [-0.25, -0.2) is 4.39 Å². The van der Waals surface area contributed by atoms with Crippen molar-refractivity contribution in [1.82, 2.24) is 15.2 Å². The van der Waals surface area contributed by atoms with Crippen molar-refractivity contribution in [3.8, 4) is 11.5 Å².